The molecule has 0 bridgehead atoms. The van der Waals surface area contributed by atoms with Gasteiger partial charge in [0.2, 0.25) is 0 Å². The number of guanidine groups is 1. The molecule has 21 heavy (non-hydrogen) atoms. The molecule has 10 heteroatoms. The van der Waals surface area contributed by atoms with E-state index in [1.165, 1.54) is 0 Å². The second kappa shape index (κ2) is 9.83. The van der Waals surface area contributed by atoms with Gasteiger partial charge in [0, 0.05) is 0 Å². The summed E-state index contributed by atoms with van der Waals surface area (Å²) >= 11 is 0. The number of halogens is 3. The van der Waals surface area contributed by atoms with Gasteiger partial charge in [-0.15, -0.1) is 0 Å². The van der Waals surface area contributed by atoms with Gasteiger partial charge in [0.15, 0.2) is 5.96 Å². The SMILES string of the molecule is CCCC(NC(=N)N)C(=O)OC(C)C.O=C(O)C(F)(F)F. The second-order valence-electron chi connectivity index (χ2n) is 4.19. The maximum atomic E-state index is 11.4. The minimum Gasteiger partial charge on any atom is -0.475 e. The minimum absolute atomic E-state index is 0.143. The zero-order valence-corrected chi connectivity index (χ0v) is 12.0. The number of nitrogens with two attached hydrogens (primary N) is 1. The van der Waals surface area contributed by atoms with E-state index in [4.69, 9.17) is 25.8 Å². The molecule has 124 valence electrons. The molecule has 0 saturated heterocycles. The minimum atomic E-state index is -5.08. The number of esters is 1. The molecular weight excluding hydrogens is 295 g/mol. The topological polar surface area (TPSA) is 126 Å². The van der Waals surface area contributed by atoms with Crippen LogP contribution in [-0.2, 0) is 14.3 Å². The van der Waals surface area contributed by atoms with Crippen LogP contribution in [0, 0.1) is 5.41 Å². The Kier molecular flexibility index (Phi) is 9.97. The molecule has 0 aliphatic carbocycles. The number of alkyl halides is 3. The Morgan fingerprint density at radius 2 is 1.81 bits per heavy atom. The van der Waals surface area contributed by atoms with Crippen molar-refractivity contribution in [3.8, 4) is 0 Å². The lowest BCUT2D eigenvalue weighted by Crippen LogP contribution is -2.45. The molecule has 0 amide bonds. The number of carbonyl (C=O) groups is 2. The Balaban J connectivity index is 0. The largest absolute Gasteiger partial charge is 0.490 e. The third kappa shape index (κ3) is 12.8. The van der Waals surface area contributed by atoms with Crippen LogP contribution in [0.15, 0.2) is 0 Å². The molecule has 0 radical (unpaired) electrons. The van der Waals surface area contributed by atoms with Gasteiger partial charge in [0.05, 0.1) is 6.10 Å². The van der Waals surface area contributed by atoms with Gasteiger partial charge in [0.25, 0.3) is 0 Å². The van der Waals surface area contributed by atoms with Crippen LogP contribution in [0.2, 0.25) is 0 Å². The van der Waals surface area contributed by atoms with Gasteiger partial charge in [-0.1, -0.05) is 13.3 Å². The summed E-state index contributed by atoms with van der Waals surface area (Å²) in [5.74, 6) is -3.31. The van der Waals surface area contributed by atoms with Crippen LogP contribution in [0.25, 0.3) is 0 Å². The lowest BCUT2D eigenvalue weighted by molar-refractivity contribution is -0.192. The highest BCUT2D eigenvalue weighted by Gasteiger charge is 2.38. The van der Waals surface area contributed by atoms with Crippen molar-refractivity contribution in [1.29, 1.82) is 5.41 Å². The van der Waals surface area contributed by atoms with Crippen molar-refractivity contribution in [3.63, 3.8) is 0 Å². The number of carbonyl (C=O) groups excluding carboxylic acids is 1. The van der Waals surface area contributed by atoms with Crippen LogP contribution in [0.1, 0.15) is 33.6 Å². The first-order valence-electron chi connectivity index (χ1n) is 6.02. The van der Waals surface area contributed by atoms with Gasteiger partial charge in [0.1, 0.15) is 6.04 Å². The molecule has 5 N–H and O–H groups in total. The van der Waals surface area contributed by atoms with Crippen molar-refractivity contribution in [1.82, 2.24) is 5.32 Å². The Morgan fingerprint density at radius 1 is 1.38 bits per heavy atom. The average Bonchev–Trinajstić information content (AvgIpc) is 2.26. The fourth-order valence-corrected chi connectivity index (χ4v) is 1.04. The smallest absolute Gasteiger partial charge is 0.475 e. The highest BCUT2D eigenvalue weighted by Crippen LogP contribution is 2.13. The van der Waals surface area contributed by atoms with Crippen molar-refractivity contribution in [2.24, 2.45) is 5.73 Å². The van der Waals surface area contributed by atoms with Crippen LogP contribution in [-0.4, -0.2) is 41.3 Å². The van der Waals surface area contributed by atoms with E-state index in [0.717, 1.165) is 6.42 Å². The van der Waals surface area contributed by atoms with Crippen LogP contribution in [0.4, 0.5) is 13.2 Å². The predicted octanol–water partition coefficient (Wildman–Crippen LogP) is 1.22. The third-order valence-corrected chi connectivity index (χ3v) is 1.79. The quantitative estimate of drug-likeness (QED) is 0.343. The molecule has 0 saturated carbocycles. The normalized spacial score (nSPS) is 12.0. The maximum absolute atomic E-state index is 11.4. The Labute approximate surface area is 120 Å². The molecular formula is C11H20F3N3O4. The highest BCUT2D eigenvalue weighted by atomic mass is 19.4. The van der Waals surface area contributed by atoms with Gasteiger partial charge in [-0.2, -0.15) is 13.2 Å². The Hall–Kier alpha value is -2.00. The van der Waals surface area contributed by atoms with Crippen molar-refractivity contribution in [2.45, 2.75) is 51.9 Å². The van der Waals surface area contributed by atoms with Crippen molar-refractivity contribution >= 4 is 17.9 Å². The molecule has 0 fully saturated rings. The van der Waals surface area contributed by atoms with E-state index in [0.29, 0.717) is 6.42 Å². The molecule has 0 spiro atoms. The zero-order valence-electron chi connectivity index (χ0n) is 12.0. The Morgan fingerprint density at radius 3 is 2.05 bits per heavy atom. The summed E-state index contributed by atoms with van der Waals surface area (Å²) in [6, 6.07) is -0.500. The molecule has 0 aliphatic heterocycles. The zero-order chi connectivity index (χ0) is 17.2. The van der Waals surface area contributed by atoms with E-state index >= 15 is 0 Å². The highest BCUT2D eigenvalue weighted by molar-refractivity contribution is 5.83. The number of aliphatic carboxylic acids is 1. The maximum Gasteiger partial charge on any atom is 0.490 e. The van der Waals surface area contributed by atoms with Crippen molar-refractivity contribution in [3.05, 3.63) is 0 Å². The van der Waals surface area contributed by atoms with E-state index in [1.807, 2.05) is 6.92 Å². The summed E-state index contributed by atoms with van der Waals surface area (Å²) in [6.07, 6.45) is -3.78. The van der Waals surface area contributed by atoms with E-state index in [2.05, 4.69) is 5.32 Å². The van der Waals surface area contributed by atoms with Crippen LogP contribution < -0.4 is 11.1 Å². The monoisotopic (exact) mass is 315 g/mol. The molecule has 1 unspecified atom stereocenters. The van der Waals surface area contributed by atoms with Gasteiger partial charge >= 0.3 is 18.1 Å². The fraction of sp³-hybridized carbons (Fsp3) is 0.727. The molecule has 0 aromatic carbocycles. The van der Waals surface area contributed by atoms with E-state index in [-0.39, 0.29) is 18.0 Å². The van der Waals surface area contributed by atoms with Crippen molar-refractivity contribution < 1.29 is 32.6 Å². The van der Waals surface area contributed by atoms with Crippen LogP contribution in [0.5, 0.6) is 0 Å². The van der Waals surface area contributed by atoms with Crippen LogP contribution in [0.3, 0.4) is 0 Å². The number of nitrogens with one attached hydrogen (secondary N) is 2. The predicted molar refractivity (Wildman–Crippen MR) is 68.7 cm³/mol. The number of rotatable bonds is 5. The molecule has 0 aromatic rings. The van der Waals surface area contributed by atoms with Crippen LogP contribution >= 0.6 is 0 Å². The number of hydrogen-bond acceptors (Lipinski definition) is 4. The third-order valence-electron chi connectivity index (χ3n) is 1.79. The summed E-state index contributed by atoms with van der Waals surface area (Å²) in [4.78, 5) is 20.3. The van der Waals surface area contributed by atoms with Gasteiger partial charge in [-0.25, -0.2) is 9.59 Å². The second-order valence-corrected chi connectivity index (χ2v) is 4.19. The molecule has 7 nitrogen and oxygen atoms in total. The average molecular weight is 315 g/mol. The van der Waals surface area contributed by atoms with Gasteiger partial charge in [-0.05, 0) is 20.3 Å². The first kappa shape index (κ1) is 21.3. The molecule has 0 rings (SSSR count). The first-order valence-corrected chi connectivity index (χ1v) is 6.02. The Bertz CT molecular complexity index is 359. The number of carboxylic acid groups (broad SMARTS) is 1. The van der Waals surface area contributed by atoms with E-state index in [1.54, 1.807) is 13.8 Å². The van der Waals surface area contributed by atoms with Gasteiger partial charge < -0.3 is 20.9 Å². The molecule has 0 aromatic heterocycles. The standard InChI is InChI=1S/C9H19N3O2.C2HF3O2/c1-4-5-7(12-9(10)11)8(13)14-6(2)3;3-2(4,5)1(6)7/h6-7H,4-5H2,1-3H3,(H4,10,11,12);(H,6,7). The van der Waals surface area contributed by atoms with E-state index < -0.39 is 18.2 Å². The molecule has 0 aliphatic rings. The number of hydrogen-bond donors (Lipinski definition) is 4. The van der Waals surface area contributed by atoms with Crippen molar-refractivity contribution in [2.75, 3.05) is 0 Å². The summed E-state index contributed by atoms with van der Waals surface area (Å²) in [7, 11) is 0. The number of ether oxygens (including phenoxy) is 1. The van der Waals surface area contributed by atoms with Gasteiger partial charge in [-0.3, -0.25) is 5.41 Å². The number of carboxylic acids is 1. The summed E-state index contributed by atoms with van der Waals surface area (Å²) in [6.45, 7) is 5.53. The summed E-state index contributed by atoms with van der Waals surface area (Å²) in [5.41, 5.74) is 5.16. The molecule has 0 heterocycles. The molecule has 1 atom stereocenters. The lowest BCUT2D eigenvalue weighted by atomic mass is 10.2. The summed E-state index contributed by atoms with van der Waals surface area (Å²) < 4.78 is 36.7. The lowest BCUT2D eigenvalue weighted by Gasteiger charge is -2.18. The summed E-state index contributed by atoms with van der Waals surface area (Å²) in [5, 5.41) is 16.7. The van der Waals surface area contributed by atoms with E-state index in [9.17, 15) is 18.0 Å². The fourth-order valence-electron chi connectivity index (χ4n) is 1.04. The first-order chi connectivity index (χ1) is 9.41.